The van der Waals surface area contributed by atoms with E-state index in [1.807, 2.05) is 0 Å². The van der Waals surface area contributed by atoms with Gasteiger partial charge in [0.15, 0.2) is 0 Å². The summed E-state index contributed by atoms with van der Waals surface area (Å²) in [5.74, 6) is 2.12. The number of nitrogens with one attached hydrogen (secondary N) is 1. The first kappa shape index (κ1) is 12.4. The molecule has 3 nitrogen and oxygen atoms in total. The summed E-state index contributed by atoms with van der Waals surface area (Å²) in [6.07, 6.45) is 2.44. The van der Waals surface area contributed by atoms with Crippen LogP contribution >= 0.6 is 11.5 Å². The van der Waals surface area contributed by atoms with E-state index in [0.717, 1.165) is 23.4 Å². The molecule has 1 aromatic rings. The Balaban J connectivity index is 2.43. The fourth-order valence-electron chi connectivity index (χ4n) is 1.35. The molecule has 1 N–H and O–H groups in total. The molecule has 0 amide bonds. The van der Waals surface area contributed by atoms with Gasteiger partial charge in [-0.1, -0.05) is 40.5 Å². The van der Waals surface area contributed by atoms with Crippen molar-refractivity contribution >= 4 is 16.7 Å². The van der Waals surface area contributed by atoms with Crippen LogP contribution in [0.3, 0.4) is 0 Å². The maximum atomic E-state index is 4.45. The molecular formula is C11H21N3S. The first-order valence-corrected chi connectivity index (χ1v) is 6.52. The van der Waals surface area contributed by atoms with Crippen LogP contribution < -0.4 is 5.32 Å². The summed E-state index contributed by atoms with van der Waals surface area (Å²) in [5, 5.41) is 4.33. The monoisotopic (exact) mass is 227 g/mol. The van der Waals surface area contributed by atoms with Crippen molar-refractivity contribution in [2.45, 2.75) is 46.5 Å². The third kappa shape index (κ3) is 3.78. The smallest absolute Gasteiger partial charge is 0.202 e. The Kier molecular flexibility index (Phi) is 5.02. The van der Waals surface area contributed by atoms with E-state index in [1.165, 1.54) is 24.4 Å². The van der Waals surface area contributed by atoms with Gasteiger partial charge < -0.3 is 5.32 Å². The Hall–Kier alpha value is -0.640. The van der Waals surface area contributed by atoms with Gasteiger partial charge in [-0.05, 0) is 5.92 Å². The van der Waals surface area contributed by atoms with Gasteiger partial charge in [-0.3, -0.25) is 0 Å². The van der Waals surface area contributed by atoms with Crippen LogP contribution in [-0.4, -0.2) is 15.9 Å². The molecule has 86 valence electrons. The van der Waals surface area contributed by atoms with Crippen LogP contribution in [0.25, 0.3) is 0 Å². The summed E-state index contributed by atoms with van der Waals surface area (Å²) in [4.78, 5) is 4.45. The molecule has 0 saturated heterocycles. The molecule has 0 aromatic carbocycles. The molecule has 0 aliphatic heterocycles. The first-order chi connectivity index (χ1) is 7.17. The van der Waals surface area contributed by atoms with Crippen molar-refractivity contribution in [1.82, 2.24) is 9.36 Å². The maximum Gasteiger partial charge on any atom is 0.202 e. The Bertz CT molecular complexity index is 279. The van der Waals surface area contributed by atoms with Crippen molar-refractivity contribution in [1.29, 1.82) is 0 Å². The second kappa shape index (κ2) is 6.05. The molecule has 0 aliphatic carbocycles. The summed E-state index contributed by atoms with van der Waals surface area (Å²) in [7, 11) is 0. The van der Waals surface area contributed by atoms with Crippen LogP contribution in [0.5, 0.6) is 0 Å². The summed E-state index contributed by atoms with van der Waals surface area (Å²) in [6.45, 7) is 9.71. The summed E-state index contributed by atoms with van der Waals surface area (Å²) < 4.78 is 4.31. The zero-order chi connectivity index (χ0) is 11.3. The molecular weight excluding hydrogens is 206 g/mol. The van der Waals surface area contributed by atoms with Crippen molar-refractivity contribution in [3.63, 3.8) is 0 Å². The highest BCUT2D eigenvalue weighted by Crippen LogP contribution is 2.18. The molecule has 0 unspecified atom stereocenters. The lowest BCUT2D eigenvalue weighted by atomic mass is 10.0. The highest BCUT2D eigenvalue weighted by atomic mass is 32.1. The van der Waals surface area contributed by atoms with Crippen LogP contribution in [-0.2, 0) is 0 Å². The number of aromatic nitrogens is 2. The maximum absolute atomic E-state index is 4.45. The van der Waals surface area contributed by atoms with Crippen LogP contribution in [0.4, 0.5) is 5.13 Å². The Morgan fingerprint density at radius 2 is 1.93 bits per heavy atom. The molecule has 15 heavy (non-hydrogen) atoms. The zero-order valence-corrected chi connectivity index (χ0v) is 10.9. The van der Waals surface area contributed by atoms with Gasteiger partial charge >= 0.3 is 0 Å². The lowest BCUT2D eigenvalue weighted by Crippen LogP contribution is -2.12. The number of nitrogens with zero attached hydrogens (tertiary/aromatic N) is 2. The van der Waals surface area contributed by atoms with Crippen molar-refractivity contribution in [3.8, 4) is 0 Å². The highest BCUT2D eigenvalue weighted by Gasteiger charge is 2.08. The molecule has 0 saturated carbocycles. The number of rotatable bonds is 6. The molecule has 0 bridgehead atoms. The Labute approximate surface area is 96.5 Å². The van der Waals surface area contributed by atoms with Gasteiger partial charge in [-0.15, -0.1) is 0 Å². The van der Waals surface area contributed by atoms with Crippen LogP contribution in [0.2, 0.25) is 0 Å². The fourth-order valence-corrected chi connectivity index (χ4v) is 2.06. The van der Waals surface area contributed by atoms with Gasteiger partial charge in [0, 0.05) is 24.0 Å². The summed E-state index contributed by atoms with van der Waals surface area (Å²) in [6, 6.07) is 0. The minimum Gasteiger partial charge on any atom is -0.360 e. The van der Waals surface area contributed by atoms with E-state index in [2.05, 4.69) is 42.4 Å². The third-order valence-corrected chi connectivity index (χ3v) is 3.34. The van der Waals surface area contributed by atoms with Crippen LogP contribution in [0.1, 0.15) is 52.3 Å². The van der Waals surface area contributed by atoms with E-state index in [0.29, 0.717) is 5.92 Å². The quantitative estimate of drug-likeness (QED) is 0.808. The fraction of sp³-hybridized carbons (Fsp3) is 0.818. The molecule has 1 rings (SSSR count). The Morgan fingerprint density at radius 3 is 2.40 bits per heavy atom. The van der Waals surface area contributed by atoms with Gasteiger partial charge in [-0.2, -0.15) is 4.37 Å². The molecule has 1 heterocycles. The number of hydrogen-bond acceptors (Lipinski definition) is 4. The molecule has 0 spiro atoms. The first-order valence-electron chi connectivity index (χ1n) is 5.74. The standard InChI is InChI=1S/C11H21N3S/c1-5-9(6-2)7-12-11-13-10(8(3)4)14-15-11/h8-9H,5-7H2,1-4H3,(H,12,13,14). The minimum absolute atomic E-state index is 0.421. The molecule has 0 fully saturated rings. The van der Waals surface area contributed by atoms with Gasteiger partial charge in [-0.25, -0.2) is 4.98 Å². The van der Waals surface area contributed by atoms with Gasteiger partial charge in [0.05, 0.1) is 0 Å². The number of hydrogen-bond donors (Lipinski definition) is 1. The lowest BCUT2D eigenvalue weighted by molar-refractivity contribution is 0.519. The third-order valence-electron chi connectivity index (χ3n) is 2.65. The van der Waals surface area contributed by atoms with Crippen molar-refractivity contribution < 1.29 is 0 Å². The van der Waals surface area contributed by atoms with Gasteiger partial charge in [0.25, 0.3) is 0 Å². The van der Waals surface area contributed by atoms with E-state index >= 15 is 0 Å². The second-order valence-corrected chi connectivity index (χ2v) is 4.93. The minimum atomic E-state index is 0.421. The predicted molar refractivity (Wildman–Crippen MR) is 66.6 cm³/mol. The molecule has 1 aromatic heterocycles. The lowest BCUT2D eigenvalue weighted by Gasteiger charge is -2.11. The molecule has 0 aliphatic rings. The second-order valence-electron chi connectivity index (χ2n) is 4.18. The average Bonchev–Trinajstić information content (AvgIpc) is 2.68. The summed E-state index contributed by atoms with van der Waals surface area (Å²) in [5.41, 5.74) is 0. The predicted octanol–water partition coefficient (Wildman–Crippen LogP) is 3.51. The topological polar surface area (TPSA) is 37.8 Å². The summed E-state index contributed by atoms with van der Waals surface area (Å²) >= 11 is 1.47. The molecule has 4 heteroatoms. The molecule has 0 radical (unpaired) electrons. The van der Waals surface area contributed by atoms with Crippen molar-refractivity contribution in [3.05, 3.63) is 5.82 Å². The molecule has 0 atom stereocenters. The Morgan fingerprint density at radius 1 is 1.27 bits per heavy atom. The van der Waals surface area contributed by atoms with Gasteiger partial charge in [0.1, 0.15) is 5.82 Å². The van der Waals surface area contributed by atoms with Crippen molar-refractivity contribution in [2.24, 2.45) is 5.92 Å². The van der Waals surface area contributed by atoms with Crippen LogP contribution in [0, 0.1) is 5.92 Å². The van der Waals surface area contributed by atoms with E-state index in [9.17, 15) is 0 Å². The van der Waals surface area contributed by atoms with E-state index in [-0.39, 0.29) is 0 Å². The SMILES string of the molecule is CCC(CC)CNc1nc(C(C)C)ns1. The average molecular weight is 227 g/mol. The number of anilines is 1. The normalized spacial score (nSPS) is 11.3. The van der Waals surface area contributed by atoms with Crippen LogP contribution in [0.15, 0.2) is 0 Å². The van der Waals surface area contributed by atoms with E-state index in [1.54, 1.807) is 0 Å². The van der Waals surface area contributed by atoms with Gasteiger partial charge in [0.2, 0.25) is 5.13 Å². The largest absolute Gasteiger partial charge is 0.360 e. The van der Waals surface area contributed by atoms with E-state index in [4.69, 9.17) is 0 Å². The highest BCUT2D eigenvalue weighted by molar-refractivity contribution is 7.09. The van der Waals surface area contributed by atoms with Crippen molar-refractivity contribution in [2.75, 3.05) is 11.9 Å². The van der Waals surface area contributed by atoms with E-state index < -0.39 is 0 Å². The zero-order valence-electron chi connectivity index (χ0n) is 10.1.